The van der Waals surface area contributed by atoms with E-state index in [1.165, 1.54) is 24.3 Å². The van der Waals surface area contributed by atoms with Gasteiger partial charge in [-0.3, -0.25) is 0 Å². The number of hydrogen-bond acceptors (Lipinski definition) is 2. The molecule has 2 nitrogen and oxygen atoms in total. The maximum absolute atomic E-state index is 13.1. The second kappa shape index (κ2) is 5.49. The molecule has 0 aromatic heterocycles. The number of nitrogens with two attached hydrogens (primary N) is 1. The van der Waals surface area contributed by atoms with Crippen molar-refractivity contribution in [2.75, 3.05) is 17.6 Å². The molecule has 2 aromatic carbocycles. The summed E-state index contributed by atoms with van der Waals surface area (Å²) >= 11 is 0. The van der Waals surface area contributed by atoms with E-state index in [2.05, 4.69) is 5.32 Å². The van der Waals surface area contributed by atoms with E-state index in [1.807, 2.05) is 6.07 Å². The number of benzene rings is 2. The monoisotopic (exact) mass is 248 g/mol. The molecule has 0 atom stereocenters. The van der Waals surface area contributed by atoms with Gasteiger partial charge >= 0.3 is 0 Å². The lowest BCUT2D eigenvalue weighted by atomic mass is 10.1. The molecule has 94 valence electrons. The lowest BCUT2D eigenvalue weighted by Crippen LogP contribution is -2.05. The number of halogens is 2. The van der Waals surface area contributed by atoms with Crippen molar-refractivity contribution in [3.05, 3.63) is 59.7 Å². The topological polar surface area (TPSA) is 38.0 Å². The maximum atomic E-state index is 13.1. The van der Waals surface area contributed by atoms with Crippen LogP contribution in [0.4, 0.5) is 20.2 Å². The second-order valence-corrected chi connectivity index (χ2v) is 4.08. The Morgan fingerprint density at radius 1 is 1.00 bits per heavy atom. The van der Waals surface area contributed by atoms with Crippen molar-refractivity contribution < 1.29 is 8.78 Å². The van der Waals surface area contributed by atoms with Gasteiger partial charge in [0.15, 0.2) is 0 Å². The summed E-state index contributed by atoms with van der Waals surface area (Å²) in [6, 6.07) is 10.7. The molecule has 0 amide bonds. The molecule has 0 heterocycles. The summed E-state index contributed by atoms with van der Waals surface area (Å²) < 4.78 is 26.0. The van der Waals surface area contributed by atoms with Crippen molar-refractivity contribution in [2.45, 2.75) is 6.42 Å². The first-order valence-electron chi connectivity index (χ1n) is 5.68. The Labute approximate surface area is 104 Å². The van der Waals surface area contributed by atoms with Gasteiger partial charge in [-0.1, -0.05) is 12.1 Å². The minimum absolute atomic E-state index is 0.248. The van der Waals surface area contributed by atoms with Crippen molar-refractivity contribution in [1.82, 2.24) is 0 Å². The molecule has 2 aromatic rings. The van der Waals surface area contributed by atoms with Gasteiger partial charge in [0.2, 0.25) is 0 Å². The molecule has 0 aliphatic rings. The van der Waals surface area contributed by atoms with E-state index in [9.17, 15) is 8.78 Å². The van der Waals surface area contributed by atoms with Crippen LogP contribution in [0.2, 0.25) is 0 Å². The van der Waals surface area contributed by atoms with Crippen molar-refractivity contribution in [2.24, 2.45) is 0 Å². The standard InChI is InChI=1S/C14H14F2N2/c15-11-3-1-2-10(6-11)4-5-18-14-8-12(16)7-13(17)9-14/h1-3,6-9,18H,4-5,17H2. The van der Waals surface area contributed by atoms with Gasteiger partial charge < -0.3 is 11.1 Å². The van der Waals surface area contributed by atoms with Crippen molar-refractivity contribution in [3.63, 3.8) is 0 Å². The average Bonchev–Trinajstić information content (AvgIpc) is 2.27. The van der Waals surface area contributed by atoms with Crippen molar-refractivity contribution >= 4 is 11.4 Å². The molecule has 0 saturated heterocycles. The largest absolute Gasteiger partial charge is 0.399 e. The Morgan fingerprint density at radius 3 is 2.56 bits per heavy atom. The van der Waals surface area contributed by atoms with Gasteiger partial charge in [-0.05, 0) is 42.3 Å². The van der Waals surface area contributed by atoms with E-state index in [1.54, 1.807) is 12.1 Å². The number of nitrogen functional groups attached to an aromatic ring is 1. The molecule has 0 saturated carbocycles. The molecule has 0 fully saturated rings. The maximum Gasteiger partial charge on any atom is 0.127 e. The Kier molecular flexibility index (Phi) is 3.77. The van der Waals surface area contributed by atoms with E-state index in [0.717, 1.165) is 5.56 Å². The van der Waals surface area contributed by atoms with Crippen LogP contribution in [-0.2, 0) is 6.42 Å². The van der Waals surface area contributed by atoms with E-state index < -0.39 is 0 Å². The molecule has 4 heteroatoms. The summed E-state index contributed by atoms with van der Waals surface area (Å²) in [6.07, 6.45) is 0.661. The van der Waals surface area contributed by atoms with Crippen LogP contribution < -0.4 is 11.1 Å². The molecule has 0 spiro atoms. The average molecular weight is 248 g/mol. The first kappa shape index (κ1) is 12.4. The summed E-state index contributed by atoms with van der Waals surface area (Å²) in [5, 5.41) is 3.05. The Hall–Kier alpha value is -2.10. The van der Waals surface area contributed by atoms with Crippen LogP contribution in [0.25, 0.3) is 0 Å². The molecule has 0 unspecified atom stereocenters. The van der Waals surface area contributed by atoms with Gasteiger partial charge in [0.05, 0.1) is 0 Å². The zero-order valence-electron chi connectivity index (χ0n) is 9.79. The van der Waals surface area contributed by atoms with Crippen LogP contribution in [0.15, 0.2) is 42.5 Å². The third-order valence-corrected chi connectivity index (χ3v) is 2.55. The molecule has 0 aliphatic carbocycles. The SMILES string of the molecule is Nc1cc(F)cc(NCCc2cccc(F)c2)c1. The predicted molar refractivity (Wildman–Crippen MR) is 69.4 cm³/mol. The first-order chi connectivity index (χ1) is 8.63. The second-order valence-electron chi connectivity index (χ2n) is 4.08. The molecule has 0 bridgehead atoms. The molecule has 0 radical (unpaired) electrons. The highest BCUT2D eigenvalue weighted by atomic mass is 19.1. The fourth-order valence-electron chi connectivity index (χ4n) is 1.76. The molecule has 2 rings (SSSR count). The van der Waals surface area contributed by atoms with Gasteiger partial charge in [-0.15, -0.1) is 0 Å². The van der Waals surface area contributed by atoms with Crippen LogP contribution in [0.1, 0.15) is 5.56 Å². The van der Waals surface area contributed by atoms with Crippen LogP contribution in [-0.4, -0.2) is 6.54 Å². The highest BCUT2D eigenvalue weighted by Crippen LogP contribution is 2.15. The van der Waals surface area contributed by atoms with Crippen LogP contribution >= 0.6 is 0 Å². The lowest BCUT2D eigenvalue weighted by molar-refractivity contribution is 0.625. The number of hydrogen-bond donors (Lipinski definition) is 2. The zero-order valence-corrected chi connectivity index (χ0v) is 9.79. The summed E-state index contributed by atoms with van der Waals surface area (Å²) in [6.45, 7) is 0.590. The van der Waals surface area contributed by atoms with Gasteiger partial charge in [-0.25, -0.2) is 8.78 Å². The minimum atomic E-state index is -0.372. The predicted octanol–water partition coefficient (Wildman–Crippen LogP) is 3.20. The van der Waals surface area contributed by atoms with Gasteiger partial charge in [0, 0.05) is 17.9 Å². The first-order valence-corrected chi connectivity index (χ1v) is 5.68. The van der Waals surface area contributed by atoms with Crippen LogP contribution in [0.5, 0.6) is 0 Å². The Bertz CT molecular complexity index is 521. The Balaban J connectivity index is 1.92. The van der Waals surface area contributed by atoms with E-state index >= 15 is 0 Å². The number of rotatable bonds is 4. The molecule has 0 aliphatic heterocycles. The van der Waals surface area contributed by atoms with Gasteiger partial charge in [0.1, 0.15) is 11.6 Å². The Morgan fingerprint density at radius 2 is 1.83 bits per heavy atom. The number of nitrogens with one attached hydrogen (secondary N) is 1. The summed E-state index contributed by atoms with van der Waals surface area (Å²) in [7, 11) is 0. The lowest BCUT2D eigenvalue weighted by Gasteiger charge is -2.07. The van der Waals surface area contributed by atoms with Gasteiger partial charge in [-0.2, -0.15) is 0 Å². The summed E-state index contributed by atoms with van der Waals surface area (Å²) in [5.74, 6) is -0.620. The van der Waals surface area contributed by atoms with Crippen molar-refractivity contribution in [1.29, 1.82) is 0 Å². The van der Waals surface area contributed by atoms with E-state index in [0.29, 0.717) is 24.3 Å². The molecule has 18 heavy (non-hydrogen) atoms. The highest BCUT2D eigenvalue weighted by molar-refractivity contribution is 5.54. The molecular formula is C14H14F2N2. The third kappa shape index (κ3) is 3.45. The smallest absolute Gasteiger partial charge is 0.127 e. The van der Waals surface area contributed by atoms with Crippen LogP contribution in [0.3, 0.4) is 0 Å². The molecular weight excluding hydrogens is 234 g/mol. The third-order valence-electron chi connectivity index (χ3n) is 2.55. The van der Waals surface area contributed by atoms with E-state index in [4.69, 9.17) is 5.73 Å². The fraction of sp³-hybridized carbons (Fsp3) is 0.143. The zero-order chi connectivity index (χ0) is 13.0. The normalized spacial score (nSPS) is 10.3. The van der Waals surface area contributed by atoms with Crippen LogP contribution in [0, 0.1) is 11.6 Å². The highest BCUT2D eigenvalue weighted by Gasteiger charge is 1.99. The molecule has 3 N–H and O–H groups in total. The van der Waals surface area contributed by atoms with Gasteiger partial charge in [0.25, 0.3) is 0 Å². The fourth-order valence-corrected chi connectivity index (χ4v) is 1.76. The van der Waals surface area contributed by atoms with E-state index in [-0.39, 0.29) is 11.6 Å². The number of anilines is 2. The quantitative estimate of drug-likeness (QED) is 0.815. The summed E-state index contributed by atoms with van der Waals surface area (Å²) in [4.78, 5) is 0. The minimum Gasteiger partial charge on any atom is -0.399 e. The van der Waals surface area contributed by atoms with Crippen molar-refractivity contribution in [3.8, 4) is 0 Å². The summed E-state index contributed by atoms with van der Waals surface area (Å²) in [5.41, 5.74) is 7.43.